The molecule has 8 aromatic carbocycles. The summed E-state index contributed by atoms with van der Waals surface area (Å²) < 4.78 is 29.7. The molecule has 12 heterocycles. The van der Waals surface area contributed by atoms with Crippen molar-refractivity contribution in [3.05, 3.63) is 333 Å². The Bertz CT molecular complexity index is 8450. The second-order valence-corrected chi connectivity index (χ2v) is 38.8. The van der Waals surface area contributed by atoms with E-state index in [0.717, 1.165) is 108 Å². The SMILES string of the molecule is C.C#CCSc1nc2sc3c(c2c(=O)n1C)CCC3.CC1(C)Cc2ccccc2-c2nc3[nH][nH]c(=S)n3c(=O)c21.CCn1c(-c2cc(Br)ccc2O)n[nH]c1=S.Cc1ccc(-n2c(-c3ccco3)n[nH]c2=S)cc1.Cc1ccc(O)c(-c2n[nH]c(=S)n2C)c1.Cc1cccc(OCc2n[nH]c(=S)n2-c2ccccc2)c1.Cn1c(-c2ccccc2O)n[nH]c1=S.S=c1[nH]nc(-c2cccs2)n1-c1ccccc1. The van der Waals surface area contributed by atoms with Gasteiger partial charge in [-0.3, -0.25) is 68.6 Å². The number of aromatic nitrogens is 24. The fraction of sp³-hybridized carbons (Fsp3) is 0.182. The number of thioether (sulfide) groups is 1. The number of ether oxygens (including phenoxy) is 1. The van der Waals surface area contributed by atoms with Gasteiger partial charge in [0.25, 0.3) is 11.1 Å². The van der Waals surface area contributed by atoms with Crippen molar-refractivity contribution in [3.63, 3.8) is 0 Å². The molecule has 0 bridgehead atoms. The van der Waals surface area contributed by atoms with Gasteiger partial charge in [0.1, 0.15) is 34.4 Å². The largest absolute Gasteiger partial charge is 0.507 e. The highest BCUT2D eigenvalue weighted by atomic mass is 79.9. The first-order chi connectivity index (χ1) is 67.5. The molecule has 11 N–H and O–H groups in total. The number of aryl methyl sites for hydroxylation is 5. The topological polar surface area (TPSA) is 386 Å². The van der Waals surface area contributed by atoms with E-state index in [1.165, 1.54) is 37.7 Å². The Morgan fingerprint density at radius 2 is 1.11 bits per heavy atom. The second kappa shape index (κ2) is 46.3. The molecule has 0 unspecified atom stereocenters. The lowest BCUT2D eigenvalue weighted by atomic mass is 9.72. The van der Waals surface area contributed by atoms with Crippen molar-refractivity contribution in [3.8, 4) is 120 Å². The number of furan rings is 1. The molecule has 0 saturated carbocycles. The normalized spacial score (nSPS) is 11.7. The van der Waals surface area contributed by atoms with E-state index in [9.17, 15) is 24.9 Å². The number of aromatic hydroxyl groups is 3. The smallest absolute Gasteiger partial charge is 0.265 e. The first kappa shape index (κ1) is 103. The van der Waals surface area contributed by atoms with Crippen LogP contribution in [0.5, 0.6) is 23.0 Å². The third kappa shape index (κ3) is 23.5. The molecular formula is C99H95BrN24O7S10. The maximum atomic E-state index is 12.9. The van der Waals surface area contributed by atoms with Gasteiger partial charge in [-0.25, -0.2) is 14.4 Å². The third-order valence-corrected chi connectivity index (χ3v) is 27.8. The fourth-order valence-corrected chi connectivity index (χ4v) is 19.9. The van der Waals surface area contributed by atoms with E-state index >= 15 is 0 Å². The molecule has 42 heteroatoms. The van der Waals surface area contributed by atoms with E-state index in [-0.39, 0.29) is 41.2 Å². The third-order valence-electron chi connectivity index (χ3n) is 22.2. The molecule has 22 rings (SSSR count). The number of terminal acetylenes is 1. The lowest BCUT2D eigenvalue weighted by Gasteiger charge is -2.32. The highest BCUT2D eigenvalue weighted by molar-refractivity contribution is 9.10. The molecule has 141 heavy (non-hydrogen) atoms. The minimum atomic E-state index is -0.270. The van der Waals surface area contributed by atoms with E-state index in [1.54, 1.807) is 93.1 Å². The molecule has 0 amide bonds. The Hall–Kier alpha value is -14.1. The highest BCUT2D eigenvalue weighted by Gasteiger charge is 2.36. The van der Waals surface area contributed by atoms with Crippen molar-refractivity contribution in [2.75, 3.05) is 5.75 Å². The molecule has 0 saturated heterocycles. The number of fused-ring (bicyclic) bond motifs is 7. The molecule has 0 spiro atoms. The first-order valence-corrected chi connectivity index (χ1v) is 49.6. The van der Waals surface area contributed by atoms with E-state index in [4.69, 9.17) is 101 Å². The molecule has 720 valence electrons. The van der Waals surface area contributed by atoms with Crippen molar-refractivity contribution in [2.24, 2.45) is 21.1 Å². The van der Waals surface area contributed by atoms with Gasteiger partial charge in [-0.1, -0.05) is 175 Å². The maximum absolute atomic E-state index is 12.9. The van der Waals surface area contributed by atoms with Gasteiger partial charge in [-0.05, 0) is 270 Å². The number of thiophene rings is 2. The number of phenols is 3. The van der Waals surface area contributed by atoms with Gasteiger partial charge in [0.2, 0.25) is 16.4 Å². The molecule has 2 aliphatic carbocycles. The minimum absolute atomic E-state index is 0. The number of rotatable bonds is 14. The number of H-pyrrole nitrogens is 8. The number of nitrogens with zero attached hydrogens (tertiary/aromatic N) is 16. The number of halogens is 1. The van der Waals surface area contributed by atoms with Crippen LogP contribution in [0.3, 0.4) is 0 Å². The Kier molecular flexibility index (Phi) is 33.8. The summed E-state index contributed by atoms with van der Waals surface area (Å²) >= 11 is 44.2. The average Bonchev–Trinajstić information content (AvgIpc) is 1.59. The fourth-order valence-electron chi connectivity index (χ4n) is 15.4. The van der Waals surface area contributed by atoms with Gasteiger partial charge < -0.3 is 38.2 Å². The number of benzene rings is 8. The first-order valence-electron chi connectivity index (χ1n) is 43.3. The summed E-state index contributed by atoms with van der Waals surface area (Å²) in [5, 5.41) is 79.8. The van der Waals surface area contributed by atoms with E-state index in [1.807, 2.05) is 234 Å². The van der Waals surface area contributed by atoms with Crippen molar-refractivity contribution in [1.29, 1.82) is 0 Å². The summed E-state index contributed by atoms with van der Waals surface area (Å²) in [5.74, 6) is 9.85. The van der Waals surface area contributed by atoms with Gasteiger partial charge in [0, 0.05) is 59.4 Å². The molecule has 0 aliphatic heterocycles. The monoisotopic (exact) mass is 2130 g/mol. The van der Waals surface area contributed by atoms with Crippen LogP contribution < -0.4 is 15.9 Å². The van der Waals surface area contributed by atoms with Crippen LogP contribution in [-0.2, 0) is 59.0 Å². The standard InChI is InChI=1S/C16H15N3OS.C15H14N4OS.C13H11N3OS.C13H12N2OS2.C12H9N3S2.C10H10BrN3OS.C10H11N3OS.C9H9N3OS.CH4/c1-12-6-5-9-14(10-12)20-11-15-17-18-16(21)19(15)13-7-3-2-4-8-13;1-15(2)7-8-5-3-4-6-9(8)11-10(15)12(20)19-13(16-11)17-18-14(19)21;1-9-4-6-10(7-5-9)16-12(14-15-13(16)18)11-3-2-8-17-11;1-3-7-17-13-14-11-10(12(16)15(13)2)8-5-4-6-9(8)18-11;16-12-14-13-11(10-7-4-8-17-10)15(12)9-5-2-1-3-6-9;1-2-14-9(12-13-10(14)16)7-5-6(11)3-4-8(7)15;1-6-3-4-8(14)7(5-6)9-11-12-10(15)13(9)2;1-12-8(10-11-9(12)14)6-4-2-3-5-7(6)13;/h2-10H,11H2,1H3,(H,18,21);3-6H,7H2,1-2H3,(H,16,17)(H,18,21);2-8H,1H3,(H,15,18);1H,4-7H2,2H3;1-8H,(H,14,16);3-5,15H,2H2,1H3,(H,13,16);3-5,14H,1-2H3,(H,12,15);2-5,13H,1H3,(H,11,14);1H4. The van der Waals surface area contributed by atoms with Crippen molar-refractivity contribution >= 4 is 152 Å². The minimum Gasteiger partial charge on any atom is -0.507 e. The zero-order chi connectivity index (χ0) is 99.2. The van der Waals surface area contributed by atoms with Gasteiger partial charge in [-0.15, -0.1) is 29.1 Å². The van der Waals surface area contributed by atoms with Crippen LogP contribution >= 0.6 is 136 Å². The van der Waals surface area contributed by atoms with Gasteiger partial charge >= 0.3 is 0 Å². The molecule has 0 atom stereocenters. The van der Waals surface area contributed by atoms with E-state index in [0.29, 0.717) is 109 Å². The number of phenolic OH excluding ortho intramolecular Hbond substituents is 3. The van der Waals surface area contributed by atoms with Crippen LogP contribution in [0.15, 0.2) is 254 Å². The van der Waals surface area contributed by atoms with Crippen LogP contribution in [-0.4, -0.2) is 139 Å². The predicted octanol–water partition coefficient (Wildman–Crippen LogP) is 23.5. The van der Waals surface area contributed by atoms with Crippen LogP contribution in [0.2, 0.25) is 0 Å². The van der Waals surface area contributed by atoms with Crippen LogP contribution in [0, 0.1) is 66.5 Å². The molecule has 12 aromatic heterocycles. The number of aromatic amines is 8. The predicted molar refractivity (Wildman–Crippen MR) is 577 cm³/mol. The number of hydrogen-bond acceptors (Lipinski definition) is 25. The summed E-state index contributed by atoms with van der Waals surface area (Å²) in [6.07, 6.45) is 11.0. The van der Waals surface area contributed by atoms with E-state index in [2.05, 4.69) is 123 Å². The molecule has 2 aliphatic rings. The Morgan fingerprint density at radius 1 is 0.539 bits per heavy atom. The van der Waals surface area contributed by atoms with Crippen LogP contribution in [0.25, 0.3) is 101 Å². The average molecular weight is 2130 g/mol. The summed E-state index contributed by atoms with van der Waals surface area (Å²) in [6.45, 7) is 13.2. The molecular weight excluding hydrogens is 2040 g/mol. The number of nitrogens with one attached hydrogen (secondary N) is 8. The zero-order valence-electron chi connectivity index (χ0n) is 76.6. The summed E-state index contributed by atoms with van der Waals surface area (Å²) in [4.78, 5) is 37.8. The second-order valence-electron chi connectivity index (χ2n) is 32.2. The summed E-state index contributed by atoms with van der Waals surface area (Å²) in [7, 11) is 5.38. The number of para-hydroxylation sites is 3. The summed E-state index contributed by atoms with van der Waals surface area (Å²) in [5.41, 5.74) is 13.1. The summed E-state index contributed by atoms with van der Waals surface area (Å²) in [6, 6.07) is 69.3. The van der Waals surface area contributed by atoms with Gasteiger partial charge in [0.05, 0.1) is 55.9 Å². The highest BCUT2D eigenvalue weighted by Crippen LogP contribution is 2.42. The Balaban J connectivity index is 0.000000128. The van der Waals surface area contributed by atoms with E-state index < -0.39 is 0 Å². The van der Waals surface area contributed by atoms with Crippen molar-refractivity contribution in [2.45, 2.75) is 98.4 Å². The van der Waals surface area contributed by atoms with Crippen LogP contribution in [0.4, 0.5) is 0 Å². The zero-order valence-corrected chi connectivity index (χ0v) is 86.3. The van der Waals surface area contributed by atoms with Gasteiger partial charge in [0.15, 0.2) is 68.7 Å². The van der Waals surface area contributed by atoms with Crippen molar-refractivity contribution < 1.29 is 24.5 Å². The lowest BCUT2D eigenvalue weighted by molar-refractivity contribution is 0.293. The maximum Gasteiger partial charge on any atom is 0.265 e. The lowest BCUT2D eigenvalue weighted by Crippen LogP contribution is -2.35. The van der Waals surface area contributed by atoms with Crippen LogP contribution in [0.1, 0.15) is 78.7 Å². The Morgan fingerprint density at radius 3 is 1.74 bits per heavy atom. The number of hydrogen-bond donors (Lipinski definition) is 11. The quantitative estimate of drug-likeness (QED) is 0.0208. The molecule has 31 nitrogen and oxygen atoms in total. The van der Waals surface area contributed by atoms with Gasteiger partial charge in [-0.2, -0.15) is 30.6 Å². The molecule has 20 aromatic rings. The molecule has 0 radical (unpaired) electrons. The Labute approximate surface area is 864 Å². The van der Waals surface area contributed by atoms with Crippen molar-refractivity contribution in [1.82, 2.24) is 118 Å². The molecule has 0 fully saturated rings.